The number of thioether (sulfide) groups is 1. The summed E-state index contributed by atoms with van der Waals surface area (Å²) in [6.07, 6.45) is 0. The average molecular weight is 397 g/mol. The summed E-state index contributed by atoms with van der Waals surface area (Å²) in [5.41, 5.74) is 1.01. The van der Waals surface area contributed by atoms with Gasteiger partial charge >= 0.3 is 0 Å². The highest BCUT2D eigenvalue weighted by Crippen LogP contribution is 2.31. The zero-order valence-corrected chi connectivity index (χ0v) is 16.1. The quantitative estimate of drug-likeness (QED) is 0.785. The van der Waals surface area contributed by atoms with Crippen molar-refractivity contribution in [3.63, 3.8) is 0 Å². The molecule has 2 aromatic rings. The van der Waals surface area contributed by atoms with E-state index in [1.807, 2.05) is 29.2 Å². The predicted octanol–water partition coefficient (Wildman–Crippen LogP) is 3.52. The Morgan fingerprint density at radius 1 is 1.27 bits per heavy atom. The van der Waals surface area contributed by atoms with Crippen LogP contribution in [0.1, 0.15) is 11.6 Å². The molecule has 140 valence electrons. The fourth-order valence-electron chi connectivity index (χ4n) is 2.98. The van der Waals surface area contributed by atoms with E-state index in [-0.39, 0.29) is 30.2 Å². The van der Waals surface area contributed by atoms with Gasteiger partial charge in [-0.25, -0.2) is 4.39 Å². The normalized spacial score (nSPS) is 16.7. The Morgan fingerprint density at radius 2 is 2.00 bits per heavy atom. The second kappa shape index (κ2) is 9.80. The molecule has 0 bridgehead atoms. The second-order valence-electron chi connectivity index (χ2n) is 5.79. The number of carbonyl (C=O) groups is 1. The molecule has 1 N–H and O–H groups in total. The first-order valence-electron chi connectivity index (χ1n) is 8.20. The van der Waals surface area contributed by atoms with Crippen molar-refractivity contribution < 1.29 is 13.9 Å². The van der Waals surface area contributed by atoms with Crippen LogP contribution in [0.4, 0.5) is 4.39 Å². The van der Waals surface area contributed by atoms with E-state index in [9.17, 15) is 9.18 Å². The van der Waals surface area contributed by atoms with Crippen molar-refractivity contribution in [3.05, 3.63) is 59.9 Å². The first-order valence-corrected chi connectivity index (χ1v) is 9.19. The third kappa shape index (κ3) is 4.90. The number of carbonyl (C=O) groups excluding carboxylic acids is 1. The molecule has 0 radical (unpaired) electrons. The molecule has 7 heteroatoms. The SMILES string of the molecule is COc1ccccc1C1CNCCN1C(=O)CSc1ccc(F)cc1.Cl. The van der Waals surface area contributed by atoms with Gasteiger partial charge in [0.25, 0.3) is 0 Å². The zero-order valence-electron chi connectivity index (χ0n) is 14.5. The van der Waals surface area contributed by atoms with E-state index in [2.05, 4.69) is 5.32 Å². The summed E-state index contributed by atoms with van der Waals surface area (Å²) in [7, 11) is 1.64. The molecule has 1 atom stereocenters. The molecule has 1 unspecified atom stereocenters. The molecule has 0 saturated carbocycles. The monoisotopic (exact) mass is 396 g/mol. The van der Waals surface area contributed by atoms with E-state index < -0.39 is 0 Å². The molecule has 26 heavy (non-hydrogen) atoms. The minimum absolute atomic E-state index is 0. The van der Waals surface area contributed by atoms with Crippen molar-refractivity contribution in [3.8, 4) is 5.75 Å². The maximum absolute atomic E-state index is 13.0. The highest BCUT2D eigenvalue weighted by atomic mass is 35.5. The van der Waals surface area contributed by atoms with Gasteiger partial charge in [0.05, 0.1) is 18.9 Å². The van der Waals surface area contributed by atoms with E-state index in [0.717, 1.165) is 22.8 Å². The lowest BCUT2D eigenvalue weighted by Crippen LogP contribution is -2.49. The molecule has 4 nitrogen and oxygen atoms in total. The van der Waals surface area contributed by atoms with Crippen LogP contribution in [0.5, 0.6) is 5.75 Å². The molecule has 0 aromatic heterocycles. The van der Waals surface area contributed by atoms with Gasteiger partial charge in [-0.1, -0.05) is 18.2 Å². The average Bonchev–Trinajstić information content (AvgIpc) is 2.67. The topological polar surface area (TPSA) is 41.6 Å². The Balaban J connectivity index is 0.00000243. The molecule has 1 aliphatic rings. The maximum Gasteiger partial charge on any atom is 0.233 e. The predicted molar refractivity (Wildman–Crippen MR) is 105 cm³/mol. The number of methoxy groups -OCH3 is 1. The van der Waals surface area contributed by atoms with Crippen molar-refractivity contribution in [2.75, 3.05) is 32.5 Å². The second-order valence-corrected chi connectivity index (χ2v) is 6.84. The van der Waals surface area contributed by atoms with Gasteiger partial charge in [0, 0.05) is 30.1 Å². The van der Waals surface area contributed by atoms with E-state index in [4.69, 9.17) is 4.74 Å². The van der Waals surface area contributed by atoms with Gasteiger partial charge in [0.2, 0.25) is 5.91 Å². The van der Waals surface area contributed by atoms with Crippen LogP contribution < -0.4 is 10.1 Å². The van der Waals surface area contributed by atoms with Gasteiger partial charge in [-0.05, 0) is 30.3 Å². The molecule has 1 amide bonds. The van der Waals surface area contributed by atoms with Crippen LogP contribution in [-0.4, -0.2) is 43.3 Å². The smallest absolute Gasteiger partial charge is 0.233 e. The number of halogens is 2. The van der Waals surface area contributed by atoms with Gasteiger partial charge < -0.3 is 15.0 Å². The van der Waals surface area contributed by atoms with Crippen LogP contribution in [0.2, 0.25) is 0 Å². The molecule has 1 fully saturated rings. The molecule has 1 heterocycles. The standard InChI is InChI=1S/C19H21FN2O2S.ClH/c1-24-18-5-3-2-4-16(18)17-12-21-10-11-22(17)19(23)13-25-15-8-6-14(20)7-9-15;/h2-9,17,21H,10-13H2,1H3;1H. The molecule has 0 aliphatic carbocycles. The fraction of sp³-hybridized carbons (Fsp3) is 0.316. The third-order valence-corrected chi connectivity index (χ3v) is 5.23. The maximum atomic E-state index is 13.0. The summed E-state index contributed by atoms with van der Waals surface area (Å²) in [5, 5.41) is 3.35. The van der Waals surface area contributed by atoms with Crippen LogP contribution >= 0.6 is 24.2 Å². The van der Waals surface area contributed by atoms with E-state index >= 15 is 0 Å². The third-order valence-electron chi connectivity index (χ3n) is 4.24. The van der Waals surface area contributed by atoms with Crippen LogP contribution in [0.15, 0.2) is 53.4 Å². The summed E-state index contributed by atoms with van der Waals surface area (Å²) in [4.78, 5) is 15.6. The lowest BCUT2D eigenvalue weighted by molar-refractivity contribution is -0.131. The first-order chi connectivity index (χ1) is 12.2. The lowest BCUT2D eigenvalue weighted by Gasteiger charge is -2.37. The number of piperazine rings is 1. The van der Waals surface area contributed by atoms with Gasteiger partial charge in [0.1, 0.15) is 11.6 Å². The zero-order chi connectivity index (χ0) is 17.6. The number of benzene rings is 2. The molecular formula is C19H22ClFN2O2S. The molecule has 0 spiro atoms. The van der Waals surface area contributed by atoms with Gasteiger partial charge in [0.15, 0.2) is 0 Å². The Morgan fingerprint density at radius 3 is 2.73 bits per heavy atom. The van der Waals surface area contributed by atoms with Gasteiger partial charge in [-0.15, -0.1) is 24.2 Å². The fourth-order valence-corrected chi connectivity index (χ4v) is 3.77. The summed E-state index contributed by atoms with van der Waals surface area (Å²) < 4.78 is 18.4. The number of rotatable bonds is 5. The molecule has 2 aromatic carbocycles. The first kappa shape index (κ1) is 20.6. The number of para-hydroxylation sites is 1. The van der Waals surface area contributed by atoms with Crippen molar-refractivity contribution in [1.29, 1.82) is 0 Å². The molecular weight excluding hydrogens is 375 g/mol. The number of ether oxygens (including phenoxy) is 1. The Bertz CT molecular complexity index is 730. The Labute approximate surface area is 163 Å². The largest absolute Gasteiger partial charge is 0.496 e. The van der Waals surface area contributed by atoms with Crippen LogP contribution in [0, 0.1) is 5.82 Å². The minimum atomic E-state index is -0.269. The Kier molecular flexibility index (Phi) is 7.75. The number of nitrogens with one attached hydrogen (secondary N) is 1. The van der Waals surface area contributed by atoms with E-state index in [1.165, 1.54) is 23.9 Å². The van der Waals surface area contributed by atoms with Crippen molar-refractivity contribution in [1.82, 2.24) is 10.2 Å². The van der Waals surface area contributed by atoms with Crippen molar-refractivity contribution in [2.24, 2.45) is 0 Å². The summed E-state index contributed by atoms with van der Waals surface area (Å²) in [6, 6.07) is 14.0. The van der Waals surface area contributed by atoms with Crippen LogP contribution in [0.25, 0.3) is 0 Å². The highest BCUT2D eigenvalue weighted by Gasteiger charge is 2.29. The number of amides is 1. The van der Waals surface area contributed by atoms with E-state index in [0.29, 0.717) is 18.8 Å². The van der Waals surface area contributed by atoms with Crippen molar-refractivity contribution in [2.45, 2.75) is 10.9 Å². The van der Waals surface area contributed by atoms with E-state index in [1.54, 1.807) is 19.2 Å². The summed E-state index contributed by atoms with van der Waals surface area (Å²) >= 11 is 1.43. The lowest BCUT2D eigenvalue weighted by atomic mass is 10.0. The van der Waals surface area contributed by atoms with Crippen molar-refractivity contribution >= 4 is 30.1 Å². The number of hydrogen-bond acceptors (Lipinski definition) is 4. The molecule has 1 saturated heterocycles. The Hall–Kier alpha value is -1.76. The summed E-state index contributed by atoms with van der Waals surface area (Å²) in [6.45, 7) is 2.14. The van der Waals surface area contributed by atoms with Crippen LogP contribution in [-0.2, 0) is 4.79 Å². The van der Waals surface area contributed by atoms with Gasteiger partial charge in [-0.3, -0.25) is 4.79 Å². The highest BCUT2D eigenvalue weighted by molar-refractivity contribution is 8.00. The number of hydrogen-bond donors (Lipinski definition) is 1. The van der Waals surface area contributed by atoms with Gasteiger partial charge in [-0.2, -0.15) is 0 Å². The molecule has 1 aliphatic heterocycles. The molecule has 3 rings (SSSR count). The van der Waals surface area contributed by atoms with Crippen LogP contribution in [0.3, 0.4) is 0 Å². The summed E-state index contributed by atoms with van der Waals surface area (Å²) in [5.74, 6) is 0.929. The number of nitrogens with zero attached hydrogens (tertiary/aromatic N) is 1. The minimum Gasteiger partial charge on any atom is -0.496 e.